The van der Waals surface area contributed by atoms with E-state index in [2.05, 4.69) is 9.80 Å². The van der Waals surface area contributed by atoms with Crippen LogP contribution in [0.1, 0.15) is 31.2 Å². The number of amides is 1. The SMILES string of the molecule is O=C(C1CCC1)N1CCCN(Cc2ccc(Cl)c(Cl)c2)CC1. The van der Waals surface area contributed by atoms with Crippen molar-refractivity contribution in [2.24, 2.45) is 5.92 Å². The lowest BCUT2D eigenvalue weighted by atomic mass is 9.84. The van der Waals surface area contributed by atoms with Gasteiger partial charge in [0.05, 0.1) is 10.0 Å². The Morgan fingerprint density at radius 3 is 2.55 bits per heavy atom. The smallest absolute Gasteiger partial charge is 0.225 e. The third-order valence-corrected chi connectivity index (χ3v) is 5.48. The van der Waals surface area contributed by atoms with Gasteiger partial charge in [0.25, 0.3) is 0 Å². The fourth-order valence-electron chi connectivity index (χ4n) is 3.16. The van der Waals surface area contributed by atoms with E-state index in [0.717, 1.165) is 52.0 Å². The van der Waals surface area contributed by atoms with Crippen LogP contribution in [0.5, 0.6) is 0 Å². The van der Waals surface area contributed by atoms with E-state index in [4.69, 9.17) is 23.2 Å². The van der Waals surface area contributed by atoms with Crippen LogP contribution in [-0.4, -0.2) is 41.9 Å². The first-order valence-corrected chi connectivity index (χ1v) is 8.84. The molecule has 1 amide bonds. The van der Waals surface area contributed by atoms with E-state index < -0.39 is 0 Å². The first-order valence-electron chi connectivity index (χ1n) is 8.08. The molecule has 3 nitrogen and oxygen atoms in total. The Kier molecular flexibility index (Phi) is 5.27. The summed E-state index contributed by atoms with van der Waals surface area (Å²) >= 11 is 12.0. The van der Waals surface area contributed by atoms with Crippen molar-refractivity contribution in [1.82, 2.24) is 9.80 Å². The van der Waals surface area contributed by atoms with Crippen LogP contribution >= 0.6 is 23.2 Å². The number of hydrogen-bond donors (Lipinski definition) is 0. The van der Waals surface area contributed by atoms with E-state index in [1.54, 1.807) is 0 Å². The van der Waals surface area contributed by atoms with Crippen molar-refractivity contribution in [3.63, 3.8) is 0 Å². The molecule has 0 unspecified atom stereocenters. The highest BCUT2D eigenvalue weighted by atomic mass is 35.5. The molecule has 5 heteroatoms. The van der Waals surface area contributed by atoms with Gasteiger partial charge in [-0.05, 0) is 37.0 Å². The molecule has 1 heterocycles. The fourth-order valence-corrected chi connectivity index (χ4v) is 3.48. The van der Waals surface area contributed by atoms with Crippen LogP contribution in [0.2, 0.25) is 10.0 Å². The molecule has 0 bridgehead atoms. The van der Waals surface area contributed by atoms with Gasteiger partial charge in [0.2, 0.25) is 5.91 Å². The van der Waals surface area contributed by atoms with Crippen LogP contribution in [0, 0.1) is 5.92 Å². The quantitative estimate of drug-likeness (QED) is 0.834. The Morgan fingerprint density at radius 2 is 1.86 bits per heavy atom. The number of nitrogens with zero attached hydrogens (tertiary/aromatic N) is 2. The van der Waals surface area contributed by atoms with Crippen LogP contribution in [0.15, 0.2) is 18.2 Å². The van der Waals surface area contributed by atoms with Crippen molar-refractivity contribution in [3.05, 3.63) is 33.8 Å². The van der Waals surface area contributed by atoms with Crippen LogP contribution < -0.4 is 0 Å². The summed E-state index contributed by atoms with van der Waals surface area (Å²) in [6.07, 6.45) is 4.43. The third-order valence-electron chi connectivity index (χ3n) is 4.74. The number of halogens is 2. The van der Waals surface area contributed by atoms with Crippen LogP contribution in [-0.2, 0) is 11.3 Å². The standard InChI is InChI=1S/C17H22Cl2N2O/c18-15-6-5-13(11-16(15)19)12-20-7-2-8-21(10-9-20)17(22)14-3-1-4-14/h5-6,11,14H,1-4,7-10,12H2. The van der Waals surface area contributed by atoms with E-state index in [-0.39, 0.29) is 0 Å². The summed E-state index contributed by atoms with van der Waals surface area (Å²) in [5.41, 5.74) is 1.17. The molecular weight excluding hydrogens is 319 g/mol. The molecule has 120 valence electrons. The summed E-state index contributed by atoms with van der Waals surface area (Å²) in [5, 5.41) is 1.20. The molecule has 0 N–H and O–H groups in total. The van der Waals surface area contributed by atoms with Gasteiger partial charge < -0.3 is 4.90 Å². The molecule has 3 rings (SSSR count). The Morgan fingerprint density at radius 1 is 1.05 bits per heavy atom. The van der Waals surface area contributed by atoms with Gasteiger partial charge in [-0.2, -0.15) is 0 Å². The molecule has 0 spiro atoms. The average Bonchev–Trinajstić information content (AvgIpc) is 2.67. The number of carbonyl (C=O) groups excluding carboxylic acids is 1. The molecule has 1 saturated carbocycles. The fraction of sp³-hybridized carbons (Fsp3) is 0.588. The van der Waals surface area contributed by atoms with Crippen molar-refractivity contribution in [1.29, 1.82) is 0 Å². The molecule has 1 aromatic rings. The first kappa shape index (κ1) is 16.1. The molecule has 1 aliphatic carbocycles. The summed E-state index contributed by atoms with van der Waals surface area (Å²) in [6, 6.07) is 5.81. The minimum Gasteiger partial charge on any atom is -0.341 e. The van der Waals surface area contributed by atoms with Gasteiger partial charge in [0, 0.05) is 38.6 Å². The van der Waals surface area contributed by atoms with Gasteiger partial charge in [-0.15, -0.1) is 0 Å². The van der Waals surface area contributed by atoms with E-state index >= 15 is 0 Å². The molecule has 2 aliphatic rings. The lowest BCUT2D eigenvalue weighted by Crippen LogP contribution is -2.41. The monoisotopic (exact) mass is 340 g/mol. The number of carbonyl (C=O) groups is 1. The maximum atomic E-state index is 12.4. The third kappa shape index (κ3) is 3.76. The predicted molar refractivity (Wildman–Crippen MR) is 90.3 cm³/mol. The summed E-state index contributed by atoms with van der Waals surface area (Å²) < 4.78 is 0. The number of rotatable bonds is 3. The van der Waals surface area contributed by atoms with Gasteiger partial charge in [-0.25, -0.2) is 0 Å². The zero-order valence-corrected chi connectivity index (χ0v) is 14.2. The highest BCUT2D eigenvalue weighted by Crippen LogP contribution is 2.28. The molecule has 0 atom stereocenters. The molecule has 1 saturated heterocycles. The van der Waals surface area contributed by atoms with Crippen LogP contribution in [0.25, 0.3) is 0 Å². The summed E-state index contributed by atoms with van der Waals surface area (Å²) in [4.78, 5) is 16.8. The van der Waals surface area contributed by atoms with Crippen molar-refractivity contribution in [2.45, 2.75) is 32.2 Å². The second-order valence-corrected chi connectivity index (χ2v) is 7.15. The van der Waals surface area contributed by atoms with E-state index in [1.165, 1.54) is 12.0 Å². The van der Waals surface area contributed by atoms with Crippen LogP contribution in [0.3, 0.4) is 0 Å². The number of benzene rings is 1. The minimum absolute atomic E-state index is 0.307. The Hall–Kier alpha value is -0.770. The first-order chi connectivity index (χ1) is 10.6. The van der Waals surface area contributed by atoms with Crippen molar-refractivity contribution in [3.8, 4) is 0 Å². The maximum absolute atomic E-state index is 12.4. The minimum atomic E-state index is 0.307. The highest BCUT2D eigenvalue weighted by Gasteiger charge is 2.30. The zero-order valence-electron chi connectivity index (χ0n) is 12.7. The van der Waals surface area contributed by atoms with Gasteiger partial charge in [0.15, 0.2) is 0 Å². The Bertz CT molecular complexity index is 545. The van der Waals surface area contributed by atoms with Crippen molar-refractivity contribution in [2.75, 3.05) is 26.2 Å². The van der Waals surface area contributed by atoms with E-state index in [9.17, 15) is 4.79 Å². The van der Waals surface area contributed by atoms with Gasteiger partial charge in [0.1, 0.15) is 0 Å². The summed E-state index contributed by atoms with van der Waals surface area (Å²) in [5.74, 6) is 0.684. The predicted octanol–water partition coefficient (Wildman–Crippen LogP) is 3.83. The molecule has 0 radical (unpaired) electrons. The number of hydrogen-bond acceptors (Lipinski definition) is 2. The van der Waals surface area contributed by atoms with Crippen molar-refractivity contribution < 1.29 is 4.79 Å². The summed E-state index contributed by atoms with van der Waals surface area (Å²) in [6.45, 7) is 4.56. The average molecular weight is 341 g/mol. The largest absolute Gasteiger partial charge is 0.341 e. The second kappa shape index (κ2) is 7.20. The molecule has 1 aromatic carbocycles. The Labute approximate surface area is 142 Å². The molecule has 22 heavy (non-hydrogen) atoms. The molecule has 2 fully saturated rings. The maximum Gasteiger partial charge on any atom is 0.225 e. The summed E-state index contributed by atoms with van der Waals surface area (Å²) in [7, 11) is 0. The van der Waals surface area contributed by atoms with Gasteiger partial charge in [-0.1, -0.05) is 35.7 Å². The normalized spacial score (nSPS) is 20.5. The highest BCUT2D eigenvalue weighted by molar-refractivity contribution is 6.42. The zero-order chi connectivity index (χ0) is 15.5. The molecule has 1 aliphatic heterocycles. The van der Waals surface area contributed by atoms with Crippen molar-refractivity contribution >= 4 is 29.1 Å². The van der Waals surface area contributed by atoms with Crippen LogP contribution in [0.4, 0.5) is 0 Å². The van der Waals surface area contributed by atoms with Gasteiger partial charge in [-0.3, -0.25) is 9.69 Å². The Balaban J connectivity index is 1.55. The topological polar surface area (TPSA) is 23.6 Å². The second-order valence-electron chi connectivity index (χ2n) is 6.33. The van der Waals surface area contributed by atoms with E-state index in [0.29, 0.717) is 21.9 Å². The van der Waals surface area contributed by atoms with E-state index in [1.807, 2.05) is 18.2 Å². The van der Waals surface area contributed by atoms with Gasteiger partial charge >= 0.3 is 0 Å². The lowest BCUT2D eigenvalue weighted by Gasteiger charge is -2.31. The molecular formula is C17H22Cl2N2O. The lowest BCUT2D eigenvalue weighted by molar-refractivity contribution is -0.138. The molecule has 0 aromatic heterocycles.